The number of hydrogen-bond acceptors (Lipinski definition) is 2. The standard InChI is InChI=1S/C11H20BrNOS/c1-10(2,6-7-12)13-9(14)11(3)5-4-8-15-11/h4-8H2,1-3H3,(H,13,14). The van der Waals surface area contributed by atoms with Gasteiger partial charge in [0.2, 0.25) is 5.91 Å². The quantitative estimate of drug-likeness (QED) is 0.808. The zero-order chi connectivity index (χ0) is 11.5. The highest BCUT2D eigenvalue weighted by molar-refractivity contribution is 9.09. The Bertz CT molecular complexity index is 237. The molecule has 1 aliphatic rings. The molecule has 2 nitrogen and oxygen atoms in total. The van der Waals surface area contributed by atoms with Crippen LogP contribution in [-0.2, 0) is 4.79 Å². The van der Waals surface area contributed by atoms with E-state index < -0.39 is 0 Å². The van der Waals surface area contributed by atoms with Gasteiger partial charge in [0, 0.05) is 10.9 Å². The highest BCUT2D eigenvalue weighted by Gasteiger charge is 2.39. The third-order valence-corrected chi connectivity index (χ3v) is 4.79. The van der Waals surface area contributed by atoms with E-state index in [1.54, 1.807) is 11.8 Å². The summed E-state index contributed by atoms with van der Waals surface area (Å²) in [5.74, 6) is 1.32. The first-order valence-electron chi connectivity index (χ1n) is 5.42. The van der Waals surface area contributed by atoms with Crippen LogP contribution >= 0.6 is 27.7 Å². The fourth-order valence-electron chi connectivity index (χ4n) is 1.70. The van der Waals surface area contributed by atoms with E-state index in [4.69, 9.17) is 0 Å². The van der Waals surface area contributed by atoms with Gasteiger partial charge in [0.15, 0.2) is 0 Å². The van der Waals surface area contributed by atoms with Crippen molar-refractivity contribution in [3.8, 4) is 0 Å². The predicted octanol–water partition coefficient (Wildman–Crippen LogP) is 2.95. The Labute approximate surface area is 105 Å². The molecule has 0 aromatic rings. The van der Waals surface area contributed by atoms with Crippen molar-refractivity contribution in [1.29, 1.82) is 0 Å². The molecule has 0 aliphatic carbocycles. The number of alkyl halides is 1. The molecule has 15 heavy (non-hydrogen) atoms. The van der Waals surface area contributed by atoms with Crippen molar-refractivity contribution in [2.75, 3.05) is 11.1 Å². The summed E-state index contributed by atoms with van der Waals surface area (Å²) in [6, 6.07) is 0. The second kappa shape index (κ2) is 5.09. The van der Waals surface area contributed by atoms with Crippen LogP contribution in [0.25, 0.3) is 0 Å². The summed E-state index contributed by atoms with van der Waals surface area (Å²) < 4.78 is -0.191. The van der Waals surface area contributed by atoms with E-state index in [1.807, 2.05) is 0 Å². The molecular weight excluding hydrogens is 274 g/mol. The van der Waals surface area contributed by atoms with E-state index in [0.717, 1.165) is 30.3 Å². The average molecular weight is 294 g/mol. The van der Waals surface area contributed by atoms with Crippen LogP contribution < -0.4 is 5.32 Å². The third-order valence-electron chi connectivity index (χ3n) is 2.87. The average Bonchev–Trinajstić information content (AvgIpc) is 2.52. The Morgan fingerprint density at radius 3 is 2.73 bits per heavy atom. The Kier molecular flexibility index (Phi) is 4.53. The second-order valence-electron chi connectivity index (χ2n) is 4.96. The minimum atomic E-state index is -0.191. The first kappa shape index (κ1) is 13.4. The number of carbonyl (C=O) groups is 1. The number of rotatable bonds is 4. The summed E-state index contributed by atoms with van der Waals surface area (Å²) >= 11 is 5.20. The molecule has 88 valence electrons. The van der Waals surface area contributed by atoms with Gasteiger partial charge in [0.25, 0.3) is 0 Å². The summed E-state index contributed by atoms with van der Waals surface area (Å²) in [5.41, 5.74) is -0.104. The molecular formula is C11H20BrNOS. The molecule has 0 aromatic heterocycles. The van der Waals surface area contributed by atoms with Crippen LogP contribution in [-0.4, -0.2) is 27.3 Å². The molecule has 0 aromatic carbocycles. The lowest BCUT2D eigenvalue weighted by molar-refractivity contribution is -0.124. The number of nitrogens with one attached hydrogen (secondary N) is 1. The Balaban J connectivity index is 2.54. The lowest BCUT2D eigenvalue weighted by atomic mass is 9.98. The zero-order valence-electron chi connectivity index (χ0n) is 9.73. The maximum Gasteiger partial charge on any atom is 0.236 e. The van der Waals surface area contributed by atoms with Gasteiger partial charge >= 0.3 is 0 Å². The first-order valence-corrected chi connectivity index (χ1v) is 7.53. The van der Waals surface area contributed by atoms with Crippen LogP contribution in [0.5, 0.6) is 0 Å². The van der Waals surface area contributed by atoms with E-state index in [1.165, 1.54) is 0 Å². The molecule has 1 rings (SSSR count). The van der Waals surface area contributed by atoms with Gasteiger partial charge in [-0.2, -0.15) is 0 Å². The van der Waals surface area contributed by atoms with Crippen molar-refractivity contribution in [3.63, 3.8) is 0 Å². The van der Waals surface area contributed by atoms with Crippen molar-refractivity contribution >= 4 is 33.6 Å². The molecule has 1 N–H and O–H groups in total. The van der Waals surface area contributed by atoms with Crippen molar-refractivity contribution in [3.05, 3.63) is 0 Å². The van der Waals surface area contributed by atoms with Crippen molar-refractivity contribution in [1.82, 2.24) is 5.32 Å². The van der Waals surface area contributed by atoms with Crippen LogP contribution in [0.3, 0.4) is 0 Å². The molecule has 0 saturated carbocycles. The number of halogens is 1. The number of thioether (sulfide) groups is 1. The minimum absolute atomic E-state index is 0.104. The minimum Gasteiger partial charge on any atom is -0.350 e. The summed E-state index contributed by atoms with van der Waals surface area (Å²) in [7, 11) is 0. The third kappa shape index (κ3) is 3.66. The van der Waals surface area contributed by atoms with Crippen LogP contribution in [0.15, 0.2) is 0 Å². The summed E-state index contributed by atoms with van der Waals surface area (Å²) in [4.78, 5) is 12.1. The lowest BCUT2D eigenvalue weighted by Crippen LogP contribution is -2.50. The van der Waals surface area contributed by atoms with E-state index in [-0.39, 0.29) is 16.2 Å². The monoisotopic (exact) mass is 293 g/mol. The van der Waals surface area contributed by atoms with Crippen molar-refractivity contribution in [2.45, 2.75) is 50.3 Å². The number of amides is 1. The summed E-state index contributed by atoms with van der Waals surface area (Å²) in [6.45, 7) is 6.22. The second-order valence-corrected chi connectivity index (χ2v) is 7.35. The van der Waals surface area contributed by atoms with E-state index in [9.17, 15) is 4.79 Å². The Morgan fingerprint density at radius 1 is 1.60 bits per heavy atom. The van der Waals surface area contributed by atoms with Gasteiger partial charge in [-0.05, 0) is 45.8 Å². The zero-order valence-corrected chi connectivity index (χ0v) is 12.1. The summed E-state index contributed by atoms with van der Waals surface area (Å²) in [6.07, 6.45) is 3.13. The van der Waals surface area contributed by atoms with Crippen LogP contribution in [0.4, 0.5) is 0 Å². The molecule has 0 spiro atoms. The van der Waals surface area contributed by atoms with Crippen molar-refractivity contribution < 1.29 is 4.79 Å². The maximum atomic E-state index is 12.1. The molecule has 1 fully saturated rings. The Morgan fingerprint density at radius 2 is 2.27 bits per heavy atom. The van der Waals surface area contributed by atoms with Crippen LogP contribution in [0.2, 0.25) is 0 Å². The van der Waals surface area contributed by atoms with E-state index in [0.29, 0.717) is 0 Å². The lowest BCUT2D eigenvalue weighted by Gasteiger charge is -2.31. The molecule has 1 amide bonds. The fraction of sp³-hybridized carbons (Fsp3) is 0.909. The highest BCUT2D eigenvalue weighted by atomic mass is 79.9. The van der Waals surface area contributed by atoms with Crippen molar-refractivity contribution in [2.24, 2.45) is 0 Å². The first-order chi connectivity index (χ1) is 6.90. The van der Waals surface area contributed by atoms with Crippen LogP contribution in [0.1, 0.15) is 40.0 Å². The van der Waals surface area contributed by atoms with Gasteiger partial charge in [-0.1, -0.05) is 15.9 Å². The van der Waals surface area contributed by atoms with Crippen LogP contribution in [0, 0.1) is 0 Å². The summed E-state index contributed by atoms with van der Waals surface area (Å²) in [5, 5.41) is 4.07. The normalized spacial score (nSPS) is 26.7. The highest BCUT2D eigenvalue weighted by Crippen LogP contribution is 2.38. The predicted molar refractivity (Wildman–Crippen MR) is 70.7 cm³/mol. The van der Waals surface area contributed by atoms with Gasteiger partial charge in [-0.3, -0.25) is 4.79 Å². The maximum absolute atomic E-state index is 12.1. The molecule has 0 radical (unpaired) electrons. The van der Waals surface area contributed by atoms with Gasteiger partial charge < -0.3 is 5.32 Å². The van der Waals surface area contributed by atoms with E-state index >= 15 is 0 Å². The van der Waals surface area contributed by atoms with E-state index in [2.05, 4.69) is 42.0 Å². The molecule has 1 unspecified atom stereocenters. The molecule has 1 atom stereocenters. The Hall–Kier alpha value is 0.300. The molecule has 0 bridgehead atoms. The number of carbonyl (C=O) groups excluding carboxylic acids is 1. The smallest absolute Gasteiger partial charge is 0.236 e. The van der Waals surface area contributed by atoms with Gasteiger partial charge in [-0.15, -0.1) is 11.8 Å². The molecule has 1 saturated heterocycles. The van der Waals surface area contributed by atoms with Gasteiger partial charge in [0.05, 0.1) is 4.75 Å². The fourth-order valence-corrected chi connectivity index (χ4v) is 3.90. The molecule has 1 aliphatic heterocycles. The largest absolute Gasteiger partial charge is 0.350 e. The SMILES string of the molecule is CC(C)(CCBr)NC(=O)C1(C)CCCS1. The number of hydrogen-bond donors (Lipinski definition) is 1. The van der Waals surface area contributed by atoms with Gasteiger partial charge in [0.1, 0.15) is 0 Å². The van der Waals surface area contributed by atoms with Gasteiger partial charge in [-0.25, -0.2) is 0 Å². The molecule has 1 heterocycles. The topological polar surface area (TPSA) is 29.1 Å². The molecule has 4 heteroatoms.